The maximum absolute atomic E-state index is 11.3. The van der Waals surface area contributed by atoms with Gasteiger partial charge in [-0.05, 0) is 34.1 Å². The van der Waals surface area contributed by atoms with Crippen molar-refractivity contribution < 1.29 is 23.7 Å². The molecule has 0 aromatic rings. The van der Waals surface area contributed by atoms with Gasteiger partial charge in [0, 0.05) is 12.2 Å². The van der Waals surface area contributed by atoms with Gasteiger partial charge in [0.2, 0.25) is 0 Å². The molecule has 0 bridgehead atoms. The number of carbonyl (C=O) groups is 1. The first kappa shape index (κ1) is 20.1. The fraction of sp³-hybridized carbons (Fsp3) is 0.812. The molecule has 0 saturated heterocycles. The smallest absolute Gasteiger partial charge is 0.333 e. The maximum Gasteiger partial charge on any atom is 0.333 e. The molecule has 21 heavy (non-hydrogen) atoms. The Morgan fingerprint density at radius 3 is 2.05 bits per heavy atom. The second-order valence-corrected chi connectivity index (χ2v) is 5.36. The zero-order valence-corrected chi connectivity index (χ0v) is 14.0. The van der Waals surface area contributed by atoms with Gasteiger partial charge in [-0.15, -0.1) is 0 Å². The predicted molar refractivity (Wildman–Crippen MR) is 82.3 cm³/mol. The summed E-state index contributed by atoms with van der Waals surface area (Å²) in [6.07, 6.45) is 0.681. The minimum absolute atomic E-state index is 0.0428. The van der Waals surface area contributed by atoms with E-state index in [1.54, 1.807) is 13.8 Å². The van der Waals surface area contributed by atoms with E-state index in [4.69, 9.17) is 18.9 Å². The predicted octanol–water partition coefficient (Wildman–Crippen LogP) is 2.73. The van der Waals surface area contributed by atoms with E-state index >= 15 is 0 Å². The highest BCUT2D eigenvalue weighted by Crippen LogP contribution is 2.03. The van der Waals surface area contributed by atoms with Crippen molar-refractivity contribution in [2.75, 3.05) is 26.4 Å². The Hall–Kier alpha value is -0.910. The number of carbonyl (C=O) groups excluding carboxylic acids is 1. The van der Waals surface area contributed by atoms with Crippen molar-refractivity contribution in [3.63, 3.8) is 0 Å². The van der Waals surface area contributed by atoms with Crippen LogP contribution in [0, 0.1) is 0 Å². The fourth-order valence-electron chi connectivity index (χ4n) is 1.41. The van der Waals surface area contributed by atoms with Crippen LogP contribution in [0.25, 0.3) is 0 Å². The number of rotatable bonds is 12. The van der Waals surface area contributed by atoms with E-state index in [1.807, 2.05) is 13.8 Å². The highest BCUT2D eigenvalue weighted by atomic mass is 16.6. The zero-order chi connectivity index (χ0) is 16.3. The molecule has 0 N–H and O–H groups in total. The quantitative estimate of drug-likeness (QED) is 0.315. The van der Waals surface area contributed by atoms with Crippen LogP contribution in [0.15, 0.2) is 12.2 Å². The Kier molecular flexibility index (Phi) is 11.2. The second kappa shape index (κ2) is 11.7. The average Bonchev–Trinajstić information content (AvgIpc) is 2.43. The molecule has 0 aromatic heterocycles. The Morgan fingerprint density at radius 1 is 1.00 bits per heavy atom. The van der Waals surface area contributed by atoms with Crippen molar-refractivity contribution in [2.45, 2.75) is 59.4 Å². The van der Waals surface area contributed by atoms with Gasteiger partial charge in [0.25, 0.3) is 0 Å². The fourth-order valence-corrected chi connectivity index (χ4v) is 1.41. The van der Waals surface area contributed by atoms with Gasteiger partial charge in [-0.25, -0.2) is 4.79 Å². The lowest BCUT2D eigenvalue weighted by Crippen LogP contribution is -2.27. The van der Waals surface area contributed by atoms with Crippen molar-refractivity contribution in [1.82, 2.24) is 0 Å². The lowest BCUT2D eigenvalue weighted by molar-refractivity contribution is -0.148. The average molecular weight is 302 g/mol. The lowest BCUT2D eigenvalue weighted by Gasteiger charge is -2.20. The number of hydrogen-bond donors (Lipinski definition) is 0. The Labute approximate surface area is 128 Å². The lowest BCUT2D eigenvalue weighted by atomic mass is 10.3. The second-order valence-electron chi connectivity index (χ2n) is 5.36. The first-order chi connectivity index (χ1) is 9.86. The van der Waals surface area contributed by atoms with Crippen molar-refractivity contribution in [2.24, 2.45) is 0 Å². The Balaban J connectivity index is 3.72. The minimum Gasteiger partial charge on any atom is -0.457 e. The van der Waals surface area contributed by atoms with Crippen LogP contribution >= 0.6 is 0 Å². The largest absolute Gasteiger partial charge is 0.457 e. The molecule has 0 aliphatic rings. The molecule has 0 heterocycles. The summed E-state index contributed by atoms with van der Waals surface area (Å²) >= 11 is 0. The van der Waals surface area contributed by atoms with Crippen molar-refractivity contribution in [1.29, 1.82) is 0 Å². The summed E-state index contributed by atoms with van der Waals surface area (Å²) < 4.78 is 21.8. The summed E-state index contributed by atoms with van der Waals surface area (Å²) in [5.74, 6) is -0.392. The molecule has 0 aliphatic heterocycles. The van der Waals surface area contributed by atoms with Gasteiger partial charge < -0.3 is 18.9 Å². The molecule has 0 aliphatic carbocycles. The summed E-state index contributed by atoms with van der Waals surface area (Å²) in [4.78, 5) is 11.3. The third kappa shape index (κ3) is 11.4. The van der Waals surface area contributed by atoms with Gasteiger partial charge in [-0.2, -0.15) is 0 Å². The topological polar surface area (TPSA) is 54.0 Å². The summed E-state index contributed by atoms with van der Waals surface area (Å²) in [6.45, 7) is 15.1. The highest BCUT2D eigenvalue weighted by molar-refractivity contribution is 5.87. The normalized spacial score (nSPS) is 15.3. The minimum atomic E-state index is -0.392. The van der Waals surface area contributed by atoms with Gasteiger partial charge in [0.1, 0.15) is 6.10 Å². The van der Waals surface area contributed by atoms with E-state index in [0.29, 0.717) is 25.4 Å². The van der Waals surface area contributed by atoms with Gasteiger partial charge in [0.05, 0.1) is 32.0 Å². The molecule has 0 aromatic carbocycles. The van der Waals surface area contributed by atoms with Crippen molar-refractivity contribution >= 4 is 5.97 Å². The molecular weight excluding hydrogens is 272 g/mol. The first-order valence-electron chi connectivity index (χ1n) is 7.54. The molecule has 0 radical (unpaired) electrons. The van der Waals surface area contributed by atoms with Crippen molar-refractivity contribution in [3.8, 4) is 0 Å². The molecule has 3 unspecified atom stereocenters. The van der Waals surface area contributed by atoms with Crippen LogP contribution in [0.4, 0.5) is 0 Å². The van der Waals surface area contributed by atoms with Crippen LogP contribution in [0.3, 0.4) is 0 Å². The van der Waals surface area contributed by atoms with E-state index in [9.17, 15) is 4.79 Å². The molecular formula is C16H30O5. The van der Waals surface area contributed by atoms with Crippen LogP contribution in [0.5, 0.6) is 0 Å². The molecule has 0 fully saturated rings. The molecule has 5 nitrogen and oxygen atoms in total. The Bertz CT molecular complexity index is 303. The molecule has 124 valence electrons. The summed E-state index contributed by atoms with van der Waals surface area (Å²) in [6, 6.07) is 0. The van der Waals surface area contributed by atoms with Crippen LogP contribution in [-0.2, 0) is 23.7 Å². The van der Waals surface area contributed by atoms with Crippen LogP contribution < -0.4 is 0 Å². The van der Waals surface area contributed by atoms with Crippen LogP contribution in [0.2, 0.25) is 0 Å². The van der Waals surface area contributed by atoms with Crippen LogP contribution in [0.1, 0.15) is 41.0 Å². The molecule has 3 atom stereocenters. The van der Waals surface area contributed by atoms with Crippen LogP contribution in [-0.4, -0.2) is 50.7 Å². The molecule has 0 saturated carbocycles. The van der Waals surface area contributed by atoms with E-state index in [-0.39, 0.29) is 18.3 Å². The van der Waals surface area contributed by atoms with Gasteiger partial charge in [0.15, 0.2) is 0 Å². The number of hydrogen-bond acceptors (Lipinski definition) is 5. The highest BCUT2D eigenvalue weighted by Gasteiger charge is 2.13. The standard InChI is InChI=1S/C16H30O5/c1-7-8-18-9-13(4)19-10-14(5)20-11-15(6)21-16(17)12(2)3/h13-15H,2,7-11H2,1,3-6H3. The van der Waals surface area contributed by atoms with Crippen molar-refractivity contribution in [3.05, 3.63) is 12.2 Å². The maximum atomic E-state index is 11.3. The Morgan fingerprint density at radius 2 is 1.52 bits per heavy atom. The molecule has 5 heteroatoms. The summed E-state index contributed by atoms with van der Waals surface area (Å²) in [7, 11) is 0. The third-order valence-corrected chi connectivity index (χ3v) is 2.59. The SMILES string of the molecule is C=C(C)C(=O)OC(C)COC(C)COC(C)COCCC. The first-order valence-corrected chi connectivity index (χ1v) is 7.54. The van der Waals surface area contributed by atoms with Gasteiger partial charge >= 0.3 is 5.97 Å². The zero-order valence-electron chi connectivity index (χ0n) is 14.0. The van der Waals surface area contributed by atoms with E-state index in [2.05, 4.69) is 13.5 Å². The van der Waals surface area contributed by atoms with E-state index in [0.717, 1.165) is 13.0 Å². The van der Waals surface area contributed by atoms with Gasteiger partial charge in [-0.1, -0.05) is 13.5 Å². The monoisotopic (exact) mass is 302 g/mol. The molecule has 0 spiro atoms. The van der Waals surface area contributed by atoms with E-state index < -0.39 is 5.97 Å². The number of esters is 1. The third-order valence-electron chi connectivity index (χ3n) is 2.59. The molecule has 0 rings (SSSR count). The summed E-state index contributed by atoms with van der Waals surface area (Å²) in [5, 5.41) is 0. The molecule has 0 amide bonds. The number of ether oxygens (including phenoxy) is 4. The summed E-state index contributed by atoms with van der Waals surface area (Å²) in [5.41, 5.74) is 0.388. The van der Waals surface area contributed by atoms with Gasteiger partial charge in [-0.3, -0.25) is 0 Å². The van der Waals surface area contributed by atoms with E-state index in [1.165, 1.54) is 0 Å².